The summed E-state index contributed by atoms with van der Waals surface area (Å²) in [6.45, 7) is 6.20. The van der Waals surface area contributed by atoms with E-state index in [0.717, 1.165) is 31.7 Å². The topological polar surface area (TPSA) is 95.4 Å². The molecule has 0 unspecified atom stereocenters. The molecule has 1 aromatic carbocycles. The van der Waals surface area contributed by atoms with E-state index in [1.807, 2.05) is 24.3 Å². The van der Waals surface area contributed by atoms with Crippen molar-refractivity contribution in [2.45, 2.75) is 38.6 Å². The molecule has 2 N–H and O–H groups in total. The lowest BCUT2D eigenvalue weighted by molar-refractivity contribution is -0.126. The van der Waals surface area contributed by atoms with Crippen molar-refractivity contribution >= 4 is 17.6 Å². The third kappa shape index (κ3) is 5.04. The van der Waals surface area contributed by atoms with Crippen molar-refractivity contribution in [3.63, 3.8) is 0 Å². The van der Waals surface area contributed by atoms with Crippen molar-refractivity contribution in [2.24, 2.45) is 5.92 Å². The van der Waals surface area contributed by atoms with Crippen LogP contribution in [0.25, 0.3) is 5.69 Å². The number of para-hydroxylation sites is 2. The van der Waals surface area contributed by atoms with E-state index in [4.69, 9.17) is 0 Å². The SMILES string of the molecule is CCN1CCC[C@@H]1CNC(=O)C1CCN(C(=O)Nc2ccccc2-n2cncn2)CC1. The van der Waals surface area contributed by atoms with Gasteiger partial charge in [0, 0.05) is 31.6 Å². The molecule has 0 aliphatic carbocycles. The maximum Gasteiger partial charge on any atom is 0.321 e. The van der Waals surface area contributed by atoms with Crippen LogP contribution in [0.5, 0.6) is 0 Å². The molecular formula is C22H31N7O2. The van der Waals surface area contributed by atoms with Crippen LogP contribution in [-0.2, 0) is 4.79 Å². The maximum absolute atomic E-state index is 12.8. The Bertz CT molecular complexity index is 878. The molecule has 0 spiro atoms. The normalized spacial score (nSPS) is 20.0. The number of aromatic nitrogens is 3. The molecule has 9 heteroatoms. The monoisotopic (exact) mass is 425 g/mol. The molecule has 2 aliphatic rings. The Kier molecular flexibility index (Phi) is 6.81. The Morgan fingerprint density at radius 1 is 1.13 bits per heavy atom. The van der Waals surface area contributed by atoms with Gasteiger partial charge in [-0.25, -0.2) is 14.5 Å². The van der Waals surface area contributed by atoms with Gasteiger partial charge in [-0.05, 0) is 50.9 Å². The average molecular weight is 426 g/mol. The molecule has 0 saturated carbocycles. The lowest BCUT2D eigenvalue weighted by Gasteiger charge is -2.32. The van der Waals surface area contributed by atoms with E-state index in [1.54, 1.807) is 15.9 Å². The highest BCUT2D eigenvalue weighted by Gasteiger charge is 2.29. The van der Waals surface area contributed by atoms with Crippen molar-refractivity contribution in [3.05, 3.63) is 36.9 Å². The molecule has 166 valence electrons. The largest absolute Gasteiger partial charge is 0.354 e. The fourth-order valence-electron chi connectivity index (χ4n) is 4.56. The summed E-state index contributed by atoms with van der Waals surface area (Å²) in [7, 11) is 0. The number of rotatable bonds is 6. The number of urea groups is 1. The smallest absolute Gasteiger partial charge is 0.321 e. The summed E-state index contributed by atoms with van der Waals surface area (Å²) in [5.41, 5.74) is 1.44. The van der Waals surface area contributed by atoms with Crippen molar-refractivity contribution in [3.8, 4) is 5.69 Å². The van der Waals surface area contributed by atoms with Gasteiger partial charge in [0.2, 0.25) is 5.91 Å². The van der Waals surface area contributed by atoms with Gasteiger partial charge in [-0.3, -0.25) is 9.69 Å². The summed E-state index contributed by atoms with van der Waals surface area (Å²) in [5.74, 6) is 0.0995. The van der Waals surface area contributed by atoms with Gasteiger partial charge in [0.15, 0.2) is 0 Å². The number of carbonyl (C=O) groups excluding carboxylic acids is 2. The predicted octanol–water partition coefficient (Wildman–Crippen LogP) is 2.11. The second-order valence-corrected chi connectivity index (χ2v) is 8.22. The van der Waals surface area contributed by atoms with Crippen molar-refractivity contribution in [1.29, 1.82) is 0 Å². The van der Waals surface area contributed by atoms with E-state index in [2.05, 4.69) is 32.5 Å². The van der Waals surface area contributed by atoms with Gasteiger partial charge in [0.05, 0.1) is 11.4 Å². The van der Waals surface area contributed by atoms with Gasteiger partial charge in [-0.2, -0.15) is 5.10 Å². The zero-order valence-electron chi connectivity index (χ0n) is 18.0. The van der Waals surface area contributed by atoms with Gasteiger partial charge in [0.25, 0.3) is 0 Å². The minimum atomic E-state index is -0.157. The summed E-state index contributed by atoms with van der Waals surface area (Å²) in [4.78, 5) is 33.6. The van der Waals surface area contributed by atoms with Gasteiger partial charge in [-0.15, -0.1) is 0 Å². The Hall–Kier alpha value is -2.94. The van der Waals surface area contributed by atoms with Crippen LogP contribution in [0.4, 0.5) is 10.5 Å². The number of likely N-dealkylation sites (tertiary alicyclic amines) is 2. The minimum absolute atomic E-state index is 0.0250. The first-order valence-corrected chi connectivity index (χ1v) is 11.2. The van der Waals surface area contributed by atoms with E-state index >= 15 is 0 Å². The second-order valence-electron chi connectivity index (χ2n) is 8.22. The third-order valence-corrected chi connectivity index (χ3v) is 6.38. The van der Waals surface area contributed by atoms with E-state index < -0.39 is 0 Å². The number of anilines is 1. The molecule has 2 aliphatic heterocycles. The molecule has 0 bridgehead atoms. The van der Waals surface area contributed by atoms with Gasteiger partial charge >= 0.3 is 6.03 Å². The number of hydrogen-bond acceptors (Lipinski definition) is 5. The van der Waals surface area contributed by atoms with Crippen molar-refractivity contribution in [2.75, 3.05) is 38.0 Å². The van der Waals surface area contributed by atoms with Gasteiger partial charge in [-0.1, -0.05) is 19.1 Å². The zero-order chi connectivity index (χ0) is 21.6. The van der Waals surface area contributed by atoms with E-state index in [1.165, 1.54) is 12.7 Å². The number of carbonyl (C=O) groups is 2. The van der Waals surface area contributed by atoms with Crippen LogP contribution < -0.4 is 10.6 Å². The lowest BCUT2D eigenvalue weighted by atomic mass is 9.96. The predicted molar refractivity (Wildman–Crippen MR) is 118 cm³/mol. The number of nitrogens with one attached hydrogen (secondary N) is 2. The molecule has 2 fully saturated rings. The van der Waals surface area contributed by atoms with E-state index in [0.29, 0.717) is 37.7 Å². The van der Waals surface area contributed by atoms with Crippen LogP contribution in [-0.4, -0.2) is 75.3 Å². The van der Waals surface area contributed by atoms with Crippen LogP contribution in [0.3, 0.4) is 0 Å². The van der Waals surface area contributed by atoms with Crippen LogP contribution in [0.2, 0.25) is 0 Å². The molecule has 4 rings (SSSR count). The molecule has 0 radical (unpaired) electrons. The van der Waals surface area contributed by atoms with E-state index in [9.17, 15) is 9.59 Å². The Balaban J connectivity index is 1.26. The molecule has 1 aromatic heterocycles. The molecule has 3 amide bonds. The fraction of sp³-hybridized carbons (Fsp3) is 0.545. The van der Waals surface area contributed by atoms with Crippen LogP contribution in [0.1, 0.15) is 32.6 Å². The number of hydrogen-bond donors (Lipinski definition) is 2. The summed E-state index contributed by atoms with van der Waals surface area (Å²) in [5, 5.41) is 10.3. The molecule has 9 nitrogen and oxygen atoms in total. The Morgan fingerprint density at radius 2 is 1.94 bits per heavy atom. The highest BCUT2D eigenvalue weighted by atomic mass is 16.2. The zero-order valence-corrected chi connectivity index (χ0v) is 18.0. The molecule has 3 heterocycles. The summed E-state index contributed by atoms with van der Waals surface area (Å²) < 4.78 is 1.62. The number of likely N-dealkylation sites (N-methyl/N-ethyl adjacent to an activating group) is 1. The van der Waals surface area contributed by atoms with Gasteiger partial charge in [0.1, 0.15) is 12.7 Å². The number of benzene rings is 1. The summed E-state index contributed by atoms with van der Waals surface area (Å²) in [6.07, 6.45) is 6.80. The quantitative estimate of drug-likeness (QED) is 0.739. The molecular weight excluding hydrogens is 394 g/mol. The molecule has 1 atom stereocenters. The first-order valence-electron chi connectivity index (χ1n) is 11.2. The number of amides is 3. The Labute approximate surface area is 182 Å². The minimum Gasteiger partial charge on any atom is -0.354 e. The standard InChI is InChI=1S/C22H31N7O2/c1-2-27-11-5-6-18(27)14-24-21(30)17-9-12-28(13-10-17)22(31)26-19-7-3-4-8-20(19)29-16-23-15-25-29/h3-4,7-8,15-18H,2,5-6,9-14H2,1H3,(H,24,30)(H,26,31)/t18-/m1/s1. The molecule has 31 heavy (non-hydrogen) atoms. The van der Waals surface area contributed by atoms with Gasteiger partial charge < -0.3 is 15.5 Å². The highest BCUT2D eigenvalue weighted by molar-refractivity contribution is 5.91. The summed E-state index contributed by atoms with van der Waals surface area (Å²) >= 11 is 0. The average Bonchev–Trinajstić information content (AvgIpc) is 3.50. The highest BCUT2D eigenvalue weighted by Crippen LogP contribution is 2.22. The number of nitrogens with zero attached hydrogens (tertiary/aromatic N) is 5. The first kappa shape index (κ1) is 21.3. The lowest BCUT2D eigenvalue weighted by Crippen LogP contribution is -2.46. The van der Waals surface area contributed by atoms with Crippen molar-refractivity contribution < 1.29 is 9.59 Å². The second kappa shape index (κ2) is 9.91. The van der Waals surface area contributed by atoms with Crippen LogP contribution >= 0.6 is 0 Å². The third-order valence-electron chi connectivity index (χ3n) is 6.38. The van der Waals surface area contributed by atoms with Crippen LogP contribution in [0, 0.1) is 5.92 Å². The molecule has 2 saturated heterocycles. The van der Waals surface area contributed by atoms with Crippen molar-refractivity contribution in [1.82, 2.24) is 29.9 Å². The first-order chi connectivity index (χ1) is 15.2. The van der Waals surface area contributed by atoms with Crippen LogP contribution in [0.15, 0.2) is 36.9 Å². The number of piperidine rings is 1. The van der Waals surface area contributed by atoms with E-state index in [-0.39, 0.29) is 17.9 Å². The fourth-order valence-corrected chi connectivity index (χ4v) is 4.56. The Morgan fingerprint density at radius 3 is 2.68 bits per heavy atom. The maximum atomic E-state index is 12.8. The molecule has 2 aromatic rings. The summed E-state index contributed by atoms with van der Waals surface area (Å²) in [6, 6.07) is 7.79.